The zero-order valence-electron chi connectivity index (χ0n) is 9.61. The molecule has 0 aliphatic heterocycles. The number of hydrogen-bond acceptors (Lipinski definition) is 5. The van der Waals surface area contributed by atoms with Gasteiger partial charge < -0.3 is 10.3 Å². The van der Waals surface area contributed by atoms with Gasteiger partial charge in [0.05, 0.1) is 6.20 Å². The summed E-state index contributed by atoms with van der Waals surface area (Å²) in [6.45, 7) is 6.36. The van der Waals surface area contributed by atoms with Crippen LogP contribution in [0.3, 0.4) is 0 Å². The molecule has 2 rings (SSSR count). The Hall–Kier alpha value is -1.85. The zero-order chi connectivity index (χ0) is 11.8. The van der Waals surface area contributed by atoms with Crippen LogP contribution in [0.5, 0.6) is 0 Å². The van der Waals surface area contributed by atoms with Crippen LogP contribution in [0.1, 0.15) is 26.6 Å². The summed E-state index contributed by atoms with van der Waals surface area (Å²) in [6, 6.07) is 0. The van der Waals surface area contributed by atoms with Crippen LogP contribution < -0.4 is 5.73 Å². The normalized spacial score (nSPS) is 11.9. The van der Waals surface area contributed by atoms with Crippen LogP contribution in [0.4, 0.5) is 5.82 Å². The van der Waals surface area contributed by atoms with E-state index >= 15 is 0 Å². The maximum atomic E-state index is 5.66. The van der Waals surface area contributed by atoms with Gasteiger partial charge in [-0.15, -0.1) is 0 Å². The molecule has 0 radical (unpaired) electrons. The minimum Gasteiger partial charge on any atom is -0.383 e. The maximum absolute atomic E-state index is 5.66. The van der Waals surface area contributed by atoms with E-state index in [9.17, 15) is 0 Å². The molecule has 2 aromatic heterocycles. The molecule has 6 heteroatoms. The SMILES string of the molecule is CC(C)(C)Cc1noc(-c2cn[nH]c2N)n1. The average Bonchev–Trinajstić information content (AvgIpc) is 2.71. The number of anilines is 1. The molecule has 0 unspecified atom stereocenters. The first-order valence-corrected chi connectivity index (χ1v) is 5.07. The number of aromatic nitrogens is 4. The molecule has 0 aromatic carbocycles. The van der Waals surface area contributed by atoms with E-state index in [4.69, 9.17) is 10.3 Å². The number of nitrogens with zero attached hydrogens (tertiary/aromatic N) is 3. The predicted molar refractivity (Wildman–Crippen MR) is 59.5 cm³/mol. The van der Waals surface area contributed by atoms with Crippen molar-refractivity contribution in [2.45, 2.75) is 27.2 Å². The molecule has 0 spiro atoms. The van der Waals surface area contributed by atoms with Crippen molar-refractivity contribution < 1.29 is 4.52 Å². The molecule has 0 saturated carbocycles. The van der Waals surface area contributed by atoms with E-state index in [2.05, 4.69) is 41.1 Å². The van der Waals surface area contributed by atoms with Crippen molar-refractivity contribution in [1.29, 1.82) is 0 Å². The van der Waals surface area contributed by atoms with E-state index < -0.39 is 0 Å². The summed E-state index contributed by atoms with van der Waals surface area (Å²) in [5.41, 5.74) is 6.44. The minimum absolute atomic E-state index is 0.128. The lowest BCUT2D eigenvalue weighted by atomic mass is 9.92. The minimum atomic E-state index is 0.128. The number of aromatic amines is 1. The summed E-state index contributed by atoms with van der Waals surface area (Å²) in [6.07, 6.45) is 2.33. The second-order valence-electron chi connectivity index (χ2n) is 4.95. The molecule has 0 fully saturated rings. The molecule has 0 bridgehead atoms. The third-order valence-corrected chi connectivity index (χ3v) is 2.06. The lowest BCUT2D eigenvalue weighted by Gasteiger charge is -2.14. The van der Waals surface area contributed by atoms with Gasteiger partial charge in [-0.1, -0.05) is 25.9 Å². The van der Waals surface area contributed by atoms with Crippen LogP contribution in [0.25, 0.3) is 11.5 Å². The Morgan fingerprint density at radius 3 is 2.75 bits per heavy atom. The Balaban J connectivity index is 2.24. The van der Waals surface area contributed by atoms with E-state index in [-0.39, 0.29) is 5.41 Å². The maximum Gasteiger partial charge on any atom is 0.263 e. The fraction of sp³-hybridized carbons (Fsp3) is 0.500. The topological polar surface area (TPSA) is 93.6 Å². The molecule has 3 N–H and O–H groups in total. The van der Waals surface area contributed by atoms with Crippen LogP contribution >= 0.6 is 0 Å². The molecule has 0 amide bonds. The van der Waals surface area contributed by atoms with Gasteiger partial charge in [-0.05, 0) is 5.41 Å². The summed E-state index contributed by atoms with van der Waals surface area (Å²) in [5.74, 6) is 1.53. The standard InChI is InChI=1S/C10H15N5O/c1-10(2,3)4-7-13-9(16-15-7)6-5-12-14-8(6)11/h5H,4H2,1-3H3,(H3,11,12,14). The number of nitrogens with one attached hydrogen (secondary N) is 1. The van der Waals surface area contributed by atoms with Crippen molar-refractivity contribution in [2.75, 3.05) is 5.73 Å². The van der Waals surface area contributed by atoms with E-state index in [1.807, 2.05) is 0 Å². The first-order valence-electron chi connectivity index (χ1n) is 5.07. The number of H-pyrrole nitrogens is 1. The zero-order valence-corrected chi connectivity index (χ0v) is 9.61. The molecule has 0 aliphatic carbocycles. The van der Waals surface area contributed by atoms with Gasteiger partial charge in [-0.2, -0.15) is 10.1 Å². The Kier molecular flexibility index (Phi) is 2.41. The summed E-state index contributed by atoms with van der Waals surface area (Å²) in [4.78, 5) is 4.28. The van der Waals surface area contributed by atoms with Gasteiger partial charge in [-0.25, -0.2) is 0 Å². The predicted octanol–water partition coefficient (Wildman–Crippen LogP) is 1.63. The van der Waals surface area contributed by atoms with Crippen LogP contribution in [0.2, 0.25) is 0 Å². The number of nitrogens with two attached hydrogens (primary N) is 1. The molecular formula is C10H15N5O. The quantitative estimate of drug-likeness (QED) is 0.803. The monoisotopic (exact) mass is 221 g/mol. The van der Waals surface area contributed by atoms with Crippen molar-refractivity contribution in [3.05, 3.63) is 12.0 Å². The first-order chi connectivity index (χ1) is 7.46. The third-order valence-electron chi connectivity index (χ3n) is 2.06. The smallest absolute Gasteiger partial charge is 0.263 e. The molecule has 0 atom stereocenters. The fourth-order valence-corrected chi connectivity index (χ4v) is 1.38. The van der Waals surface area contributed by atoms with Crippen LogP contribution in [-0.4, -0.2) is 20.3 Å². The van der Waals surface area contributed by atoms with Gasteiger partial charge in [0.15, 0.2) is 5.82 Å². The van der Waals surface area contributed by atoms with Crippen LogP contribution in [0, 0.1) is 5.41 Å². The Morgan fingerprint density at radius 1 is 1.44 bits per heavy atom. The Morgan fingerprint density at radius 2 is 2.19 bits per heavy atom. The van der Waals surface area contributed by atoms with E-state index in [1.165, 1.54) is 0 Å². The van der Waals surface area contributed by atoms with Crippen molar-refractivity contribution in [3.8, 4) is 11.5 Å². The lowest BCUT2D eigenvalue weighted by molar-refractivity contribution is 0.374. The Labute approximate surface area is 93.2 Å². The first kappa shape index (κ1) is 10.7. The molecule has 0 saturated heterocycles. The fourth-order valence-electron chi connectivity index (χ4n) is 1.38. The lowest BCUT2D eigenvalue weighted by Crippen LogP contribution is -2.10. The van der Waals surface area contributed by atoms with Gasteiger partial charge in [0.1, 0.15) is 11.4 Å². The van der Waals surface area contributed by atoms with E-state index in [0.29, 0.717) is 23.1 Å². The van der Waals surface area contributed by atoms with Crippen molar-refractivity contribution >= 4 is 5.82 Å². The Bertz CT molecular complexity index is 479. The second-order valence-corrected chi connectivity index (χ2v) is 4.95. The van der Waals surface area contributed by atoms with Crippen molar-refractivity contribution in [1.82, 2.24) is 20.3 Å². The molecule has 2 aromatic rings. The van der Waals surface area contributed by atoms with Gasteiger partial charge in [0, 0.05) is 6.42 Å². The molecule has 0 aliphatic rings. The number of nitrogen functional groups attached to an aromatic ring is 1. The van der Waals surface area contributed by atoms with Gasteiger partial charge in [0.2, 0.25) is 0 Å². The van der Waals surface area contributed by atoms with E-state index in [1.54, 1.807) is 6.20 Å². The highest BCUT2D eigenvalue weighted by atomic mass is 16.5. The van der Waals surface area contributed by atoms with Crippen molar-refractivity contribution in [2.24, 2.45) is 5.41 Å². The van der Waals surface area contributed by atoms with Gasteiger partial charge in [0.25, 0.3) is 5.89 Å². The van der Waals surface area contributed by atoms with Gasteiger partial charge >= 0.3 is 0 Å². The molecule has 86 valence electrons. The molecule has 16 heavy (non-hydrogen) atoms. The van der Waals surface area contributed by atoms with E-state index in [0.717, 1.165) is 6.42 Å². The highest BCUT2D eigenvalue weighted by Crippen LogP contribution is 2.24. The van der Waals surface area contributed by atoms with Crippen LogP contribution in [-0.2, 0) is 6.42 Å². The molecule has 2 heterocycles. The largest absolute Gasteiger partial charge is 0.383 e. The average molecular weight is 221 g/mol. The summed E-state index contributed by atoms with van der Waals surface area (Å²) >= 11 is 0. The number of hydrogen-bond donors (Lipinski definition) is 2. The summed E-state index contributed by atoms with van der Waals surface area (Å²) in [5, 5.41) is 10.3. The molecule has 6 nitrogen and oxygen atoms in total. The molecular weight excluding hydrogens is 206 g/mol. The number of rotatable bonds is 2. The van der Waals surface area contributed by atoms with Crippen LogP contribution in [0.15, 0.2) is 10.7 Å². The third kappa shape index (κ3) is 2.21. The second kappa shape index (κ2) is 3.62. The summed E-state index contributed by atoms with van der Waals surface area (Å²) < 4.78 is 5.13. The summed E-state index contributed by atoms with van der Waals surface area (Å²) in [7, 11) is 0. The highest BCUT2D eigenvalue weighted by molar-refractivity contribution is 5.65. The highest BCUT2D eigenvalue weighted by Gasteiger charge is 2.18. The van der Waals surface area contributed by atoms with Crippen molar-refractivity contribution in [3.63, 3.8) is 0 Å². The van der Waals surface area contributed by atoms with Gasteiger partial charge in [-0.3, -0.25) is 5.10 Å².